The van der Waals surface area contributed by atoms with E-state index in [1.54, 1.807) is 0 Å². The van der Waals surface area contributed by atoms with Gasteiger partial charge in [0.1, 0.15) is 5.75 Å². The van der Waals surface area contributed by atoms with E-state index in [4.69, 9.17) is 0 Å². The van der Waals surface area contributed by atoms with Gasteiger partial charge in [0.05, 0.1) is 0 Å². The van der Waals surface area contributed by atoms with Gasteiger partial charge in [-0.1, -0.05) is 99.5 Å². The first-order valence-electron chi connectivity index (χ1n) is 10.0. The number of benzene rings is 3. The Morgan fingerprint density at radius 3 is 1.32 bits per heavy atom. The van der Waals surface area contributed by atoms with Gasteiger partial charge in [-0.3, -0.25) is 0 Å². The van der Waals surface area contributed by atoms with E-state index < -0.39 is 0 Å². The third-order valence-corrected chi connectivity index (χ3v) is 6.32. The van der Waals surface area contributed by atoms with Crippen LogP contribution in [0.2, 0.25) is 0 Å². The molecule has 0 aliphatic carbocycles. The number of rotatable bonds is 4. The van der Waals surface area contributed by atoms with E-state index in [0.29, 0.717) is 5.75 Å². The van der Waals surface area contributed by atoms with Gasteiger partial charge in [-0.2, -0.15) is 0 Å². The Labute approximate surface area is 170 Å². The Balaban J connectivity index is 2.08. The van der Waals surface area contributed by atoms with Gasteiger partial charge in [0.25, 0.3) is 0 Å². The number of phenols is 1. The molecule has 3 aromatic rings. The molecular formula is C27H32O. The van der Waals surface area contributed by atoms with Gasteiger partial charge in [-0.25, -0.2) is 0 Å². The molecule has 0 heterocycles. The Kier molecular flexibility index (Phi) is 5.14. The first kappa shape index (κ1) is 20.2. The van der Waals surface area contributed by atoms with Crippen LogP contribution in [0.3, 0.4) is 0 Å². The van der Waals surface area contributed by atoms with Crippen LogP contribution in [0.25, 0.3) is 0 Å². The fraction of sp³-hybridized carbons (Fsp3) is 0.333. The zero-order valence-corrected chi connectivity index (χ0v) is 18.2. The summed E-state index contributed by atoms with van der Waals surface area (Å²) in [5.41, 5.74) is 7.61. The maximum atomic E-state index is 11.2. The van der Waals surface area contributed by atoms with Gasteiger partial charge >= 0.3 is 0 Å². The third kappa shape index (κ3) is 3.46. The molecule has 0 aliphatic rings. The zero-order chi connectivity index (χ0) is 20.7. The van der Waals surface area contributed by atoms with Crippen molar-refractivity contribution in [3.63, 3.8) is 0 Å². The molecule has 0 radical (unpaired) electrons. The summed E-state index contributed by atoms with van der Waals surface area (Å²) >= 11 is 0. The smallest absolute Gasteiger partial charge is 0.122 e. The molecular weight excluding hydrogens is 340 g/mol. The molecule has 0 amide bonds. The molecule has 0 bridgehead atoms. The van der Waals surface area contributed by atoms with Crippen LogP contribution in [-0.4, -0.2) is 5.11 Å². The lowest BCUT2D eigenvalue weighted by Crippen LogP contribution is -2.23. The molecule has 0 fully saturated rings. The standard InChI is InChI=1S/C27H32O/c1-18-8-12-21(13-9-18)26(4,5)23-16-17-24(25(28)20(23)3)27(6,7)22-14-10-19(2)11-15-22/h8-17,28H,1-7H3. The summed E-state index contributed by atoms with van der Waals surface area (Å²) in [6, 6.07) is 21.6. The molecule has 3 aromatic carbocycles. The maximum absolute atomic E-state index is 11.2. The van der Waals surface area contributed by atoms with Crippen LogP contribution >= 0.6 is 0 Å². The van der Waals surface area contributed by atoms with Crippen molar-refractivity contribution >= 4 is 0 Å². The fourth-order valence-corrected chi connectivity index (χ4v) is 4.13. The van der Waals surface area contributed by atoms with Crippen molar-refractivity contribution < 1.29 is 5.11 Å². The molecule has 0 spiro atoms. The number of hydrogen-bond acceptors (Lipinski definition) is 1. The first-order chi connectivity index (χ1) is 13.0. The molecule has 0 aromatic heterocycles. The highest BCUT2D eigenvalue weighted by Crippen LogP contribution is 2.43. The van der Waals surface area contributed by atoms with E-state index in [9.17, 15) is 5.11 Å². The van der Waals surface area contributed by atoms with Crippen LogP contribution in [0.1, 0.15) is 66.6 Å². The van der Waals surface area contributed by atoms with Gasteiger partial charge in [-0.05, 0) is 43.0 Å². The van der Waals surface area contributed by atoms with Crippen molar-refractivity contribution in [1.82, 2.24) is 0 Å². The molecule has 28 heavy (non-hydrogen) atoms. The lowest BCUT2D eigenvalue weighted by Gasteiger charge is -2.32. The van der Waals surface area contributed by atoms with Crippen LogP contribution in [0.4, 0.5) is 0 Å². The second kappa shape index (κ2) is 7.13. The highest BCUT2D eigenvalue weighted by molar-refractivity contribution is 5.55. The van der Waals surface area contributed by atoms with Gasteiger partial charge in [0.2, 0.25) is 0 Å². The van der Waals surface area contributed by atoms with E-state index in [1.165, 1.54) is 22.3 Å². The Morgan fingerprint density at radius 1 is 0.536 bits per heavy atom. The van der Waals surface area contributed by atoms with Crippen LogP contribution in [0.15, 0.2) is 60.7 Å². The average molecular weight is 373 g/mol. The largest absolute Gasteiger partial charge is 0.507 e. The lowest BCUT2D eigenvalue weighted by atomic mass is 9.72. The number of aryl methyl sites for hydroxylation is 2. The van der Waals surface area contributed by atoms with Crippen molar-refractivity contribution in [1.29, 1.82) is 0 Å². The van der Waals surface area contributed by atoms with Gasteiger partial charge in [0.15, 0.2) is 0 Å². The van der Waals surface area contributed by atoms with E-state index in [0.717, 1.165) is 16.7 Å². The van der Waals surface area contributed by atoms with Crippen LogP contribution in [0, 0.1) is 20.8 Å². The number of phenolic OH excluding ortho intramolecular Hbond substituents is 1. The maximum Gasteiger partial charge on any atom is 0.122 e. The second-order valence-corrected chi connectivity index (χ2v) is 9.12. The minimum absolute atomic E-state index is 0.179. The van der Waals surface area contributed by atoms with Gasteiger partial charge in [0, 0.05) is 16.4 Å². The molecule has 1 N–H and O–H groups in total. The summed E-state index contributed by atoms with van der Waals surface area (Å²) < 4.78 is 0. The summed E-state index contributed by atoms with van der Waals surface area (Å²) in [6.07, 6.45) is 0. The topological polar surface area (TPSA) is 20.2 Å². The molecule has 3 rings (SSSR count). The molecule has 1 nitrogen and oxygen atoms in total. The van der Waals surface area contributed by atoms with Crippen molar-refractivity contribution in [2.75, 3.05) is 0 Å². The monoisotopic (exact) mass is 372 g/mol. The summed E-state index contributed by atoms with van der Waals surface area (Å²) in [5, 5.41) is 11.2. The predicted molar refractivity (Wildman–Crippen MR) is 119 cm³/mol. The highest BCUT2D eigenvalue weighted by Gasteiger charge is 2.31. The van der Waals surface area contributed by atoms with E-state index in [2.05, 4.69) is 102 Å². The summed E-state index contributed by atoms with van der Waals surface area (Å²) in [7, 11) is 0. The predicted octanol–water partition coefficient (Wildman–Crippen LogP) is 6.97. The zero-order valence-electron chi connectivity index (χ0n) is 18.2. The molecule has 146 valence electrons. The van der Waals surface area contributed by atoms with Crippen molar-refractivity contribution in [2.24, 2.45) is 0 Å². The number of hydrogen-bond donors (Lipinski definition) is 1. The first-order valence-corrected chi connectivity index (χ1v) is 10.0. The Morgan fingerprint density at radius 2 is 0.893 bits per heavy atom. The Bertz CT molecular complexity index is 892. The minimum Gasteiger partial charge on any atom is -0.507 e. The summed E-state index contributed by atoms with van der Waals surface area (Å²) in [4.78, 5) is 0. The second-order valence-electron chi connectivity index (χ2n) is 9.12. The van der Waals surface area contributed by atoms with Gasteiger partial charge < -0.3 is 5.11 Å². The fourth-order valence-electron chi connectivity index (χ4n) is 4.13. The van der Waals surface area contributed by atoms with E-state index in [1.807, 2.05) is 6.92 Å². The molecule has 0 saturated carbocycles. The SMILES string of the molecule is Cc1ccc(C(C)(C)c2ccc(C(C)(C)c3ccc(C)cc3)c(O)c2C)cc1. The van der Waals surface area contributed by atoms with Crippen molar-refractivity contribution in [2.45, 2.75) is 59.3 Å². The molecule has 0 unspecified atom stereocenters. The summed E-state index contributed by atoms with van der Waals surface area (Å²) in [6.45, 7) is 15.0. The van der Waals surface area contributed by atoms with Crippen molar-refractivity contribution in [3.05, 3.63) is 99.6 Å². The molecule has 1 heteroatoms. The quantitative estimate of drug-likeness (QED) is 0.524. The van der Waals surface area contributed by atoms with Crippen molar-refractivity contribution in [3.8, 4) is 5.75 Å². The van der Waals surface area contributed by atoms with Gasteiger partial charge in [-0.15, -0.1) is 0 Å². The Hall–Kier alpha value is -2.54. The lowest BCUT2D eigenvalue weighted by molar-refractivity contribution is 0.445. The molecule has 0 saturated heterocycles. The van der Waals surface area contributed by atoms with Crippen LogP contribution in [-0.2, 0) is 10.8 Å². The van der Waals surface area contributed by atoms with E-state index >= 15 is 0 Å². The minimum atomic E-state index is -0.269. The average Bonchev–Trinajstić information content (AvgIpc) is 2.64. The third-order valence-electron chi connectivity index (χ3n) is 6.32. The normalized spacial score (nSPS) is 12.2. The highest BCUT2D eigenvalue weighted by atomic mass is 16.3. The van der Waals surface area contributed by atoms with E-state index in [-0.39, 0.29) is 10.8 Å². The molecule has 0 aliphatic heterocycles. The summed E-state index contributed by atoms with van der Waals surface area (Å²) in [5.74, 6) is 0.406. The number of aromatic hydroxyl groups is 1. The van der Waals surface area contributed by atoms with Crippen LogP contribution < -0.4 is 0 Å². The molecule has 0 atom stereocenters. The van der Waals surface area contributed by atoms with Crippen LogP contribution in [0.5, 0.6) is 5.75 Å².